The molecule has 5 nitrogen and oxygen atoms in total. The van der Waals surface area contributed by atoms with Gasteiger partial charge in [0.2, 0.25) is 0 Å². The zero-order valence-electron chi connectivity index (χ0n) is 15.0. The van der Waals surface area contributed by atoms with E-state index in [4.69, 9.17) is 0 Å². The highest BCUT2D eigenvalue weighted by atomic mass is 16.2. The predicted molar refractivity (Wildman–Crippen MR) is 96.2 cm³/mol. The summed E-state index contributed by atoms with van der Waals surface area (Å²) in [6.07, 6.45) is 1.96. The standard InChI is InChI=1S/C19H29N3O2/c1-4-9-20-19(24)22-12-10-21(11-13-22)18(23)17-7-5-16(6-8-17)14-15(2)3/h5-8,15H,4,9-14H2,1-3H3,(H,20,24). The van der Waals surface area contributed by atoms with Gasteiger partial charge in [0.25, 0.3) is 5.91 Å². The highest BCUT2D eigenvalue weighted by Crippen LogP contribution is 2.13. The molecule has 0 unspecified atom stereocenters. The Bertz CT molecular complexity index is 546. The van der Waals surface area contributed by atoms with Crippen LogP contribution in [-0.4, -0.2) is 54.5 Å². The van der Waals surface area contributed by atoms with Gasteiger partial charge < -0.3 is 15.1 Å². The first kappa shape index (κ1) is 18.3. The van der Waals surface area contributed by atoms with E-state index in [0.29, 0.717) is 38.6 Å². The van der Waals surface area contributed by atoms with Gasteiger partial charge in [0.15, 0.2) is 0 Å². The summed E-state index contributed by atoms with van der Waals surface area (Å²) in [6, 6.07) is 7.89. The van der Waals surface area contributed by atoms with E-state index in [0.717, 1.165) is 18.4 Å². The molecule has 1 fully saturated rings. The Balaban J connectivity index is 1.87. The van der Waals surface area contributed by atoms with E-state index in [1.165, 1.54) is 5.56 Å². The number of hydrogen-bond acceptors (Lipinski definition) is 2. The molecule has 5 heteroatoms. The van der Waals surface area contributed by atoms with E-state index >= 15 is 0 Å². The van der Waals surface area contributed by atoms with Gasteiger partial charge in [0.05, 0.1) is 0 Å². The largest absolute Gasteiger partial charge is 0.338 e. The van der Waals surface area contributed by atoms with Gasteiger partial charge in [0.1, 0.15) is 0 Å². The van der Waals surface area contributed by atoms with E-state index in [1.807, 2.05) is 36.1 Å². The lowest BCUT2D eigenvalue weighted by Gasteiger charge is -2.34. The van der Waals surface area contributed by atoms with Crippen LogP contribution in [0, 0.1) is 5.92 Å². The Labute approximate surface area is 145 Å². The van der Waals surface area contributed by atoms with E-state index in [1.54, 1.807) is 4.90 Å². The predicted octanol–water partition coefficient (Wildman–Crippen LogP) is 2.76. The van der Waals surface area contributed by atoms with Gasteiger partial charge in [-0.1, -0.05) is 32.9 Å². The average Bonchev–Trinajstić information content (AvgIpc) is 2.59. The van der Waals surface area contributed by atoms with Crippen LogP contribution in [0.2, 0.25) is 0 Å². The molecule has 0 aromatic heterocycles. The van der Waals surface area contributed by atoms with Crippen molar-refractivity contribution < 1.29 is 9.59 Å². The lowest BCUT2D eigenvalue weighted by Crippen LogP contribution is -2.53. The molecule has 1 aliphatic heterocycles. The van der Waals surface area contributed by atoms with Gasteiger partial charge in [0, 0.05) is 38.3 Å². The fraction of sp³-hybridized carbons (Fsp3) is 0.579. The van der Waals surface area contributed by atoms with Crippen molar-refractivity contribution in [3.63, 3.8) is 0 Å². The molecule has 0 aliphatic carbocycles. The smallest absolute Gasteiger partial charge is 0.317 e. The Morgan fingerprint density at radius 1 is 1.04 bits per heavy atom. The monoisotopic (exact) mass is 331 g/mol. The maximum Gasteiger partial charge on any atom is 0.317 e. The number of amides is 3. The van der Waals surface area contributed by atoms with Crippen LogP contribution in [-0.2, 0) is 6.42 Å². The van der Waals surface area contributed by atoms with Crippen LogP contribution in [0.25, 0.3) is 0 Å². The van der Waals surface area contributed by atoms with Gasteiger partial charge in [-0.05, 0) is 36.5 Å². The molecule has 1 aromatic rings. The van der Waals surface area contributed by atoms with E-state index in [9.17, 15) is 9.59 Å². The zero-order valence-corrected chi connectivity index (χ0v) is 15.0. The van der Waals surface area contributed by atoms with Crippen LogP contribution < -0.4 is 5.32 Å². The number of carbonyl (C=O) groups is 2. The number of carbonyl (C=O) groups excluding carboxylic acids is 2. The molecule has 24 heavy (non-hydrogen) atoms. The molecule has 1 N–H and O–H groups in total. The van der Waals surface area contributed by atoms with Gasteiger partial charge >= 0.3 is 6.03 Å². The Kier molecular flexibility index (Phi) is 6.64. The summed E-state index contributed by atoms with van der Waals surface area (Å²) in [5, 5.41) is 2.88. The second-order valence-corrected chi connectivity index (χ2v) is 6.81. The third kappa shape index (κ3) is 4.98. The molecule has 1 aliphatic rings. The van der Waals surface area contributed by atoms with Crippen LogP contribution in [0.3, 0.4) is 0 Å². The molecule has 0 spiro atoms. The highest BCUT2D eigenvalue weighted by Gasteiger charge is 2.24. The fourth-order valence-corrected chi connectivity index (χ4v) is 2.89. The first-order valence-corrected chi connectivity index (χ1v) is 8.92. The van der Waals surface area contributed by atoms with Gasteiger partial charge in [-0.2, -0.15) is 0 Å². The van der Waals surface area contributed by atoms with Crippen molar-refractivity contribution in [2.45, 2.75) is 33.6 Å². The van der Waals surface area contributed by atoms with Crippen molar-refractivity contribution in [1.29, 1.82) is 0 Å². The van der Waals surface area contributed by atoms with Crippen molar-refractivity contribution in [3.8, 4) is 0 Å². The fourth-order valence-electron chi connectivity index (χ4n) is 2.89. The quantitative estimate of drug-likeness (QED) is 0.902. The third-order valence-electron chi connectivity index (χ3n) is 4.23. The van der Waals surface area contributed by atoms with Gasteiger partial charge in [-0.3, -0.25) is 4.79 Å². The molecule has 1 heterocycles. The molecule has 0 atom stereocenters. The van der Waals surface area contributed by atoms with Crippen molar-refractivity contribution in [2.24, 2.45) is 5.92 Å². The number of benzene rings is 1. The maximum atomic E-state index is 12.6. The SMILES string of the molecule is CCCNC(=O)N1CCN(C(=O)c2ccc(CC(C)C)cc2)CC1. The van der Waals surface area contributed by atoms with Crippen LogP contribution in [0.1, 0.15) is 43.1 Å². The molecule has 0 radical (unpaired) electrons. The normalized spacial score (nSPS) is 14.8. The molecule has 1 aromatic carbocycles. The Morgan fingerprint density at radius 2 is 1.62 bits per heavy atom. The molecule has 2 rings (SSSR count). The van der Waals surface area contributed by atoms with Crippen molar-refractivity contribution in [3.05, 3.63) is 35.4 Å². The Morgan fingerprint density at radius 3 is 2.17 bits per heavy atom. The molecule has 0 bridgehead atoms. The second-order valence-electron chi connectivity index (χ2n) is 6.81. The van der Waals surface area contributed by atoms with Crippen molar-refractivity contribution in [2.75, 3.05) is 32.7 Å². The molecule has 3 amide bonds. The minimum atomic E-state index is -0.0259. The van der Waals surface area contributed by atoms with Crippen molar-refractivity contribution >= 4 is 11.9 Å². The number of nitrogens with one attached hydrogen (secondary N) is 1. The van der Waals surface area contributed by atoms with Crippen LogP contribution >= 0.6 is 0 Å². The number of nitrogens with zero attached hydrogens (tertiary/aromatic N) is 2. The summed E-state index contributed by atoms with van der Waals surface area (Å²) in [6.45, 7) is 9.46. The summed E-state index contributed by atoms with van der Waals surface area (Å²) in [4.78, 5) is 28.1. The minimum Gasteiger partial charge on any atom is -0.338 e. The van der Waals surface area contributed by atoms with Crippen LogP contribution in [0.5, 0.6) is 0 Å². The van der Waals surface area contributed by atoms with E-state index in [2.05, 4.69) is 19.2 Å². The first-order chi connectivity index (χ1) is 11.5. The second kappa shape index (κ2) is 8.71. The Hall–Kier alpha value is -2.04. The summed E-state index contributed by atoms with van der Waals surface area (Å²) in [5.41, 5.74) is 1.99. The van der Waals surface area contributed by atoms with Crippen molar-refractivity contribution in [1.82, 2.24) is 15.1 Å². The van der Waals surface area contributed by atoms with E-state index < -0.39 is 0 Å². The number of hydrogen-bond donors (Lipinski definition) is 1. The third-order valence-corrected chi connectivity index (χ3v) is 4.23. The van der Waals surface area contributed by atoms with Crippen LogP contribution in [0.4, 0.5) is 4.79 Å². The summed E-state index contributed by atoms with van der Waals surface area (Å²) in [7, 11) is 0. The summed E-state index contributed by atoms with van der Waals surface area (Å²) >= 11 is 0. The zero-order chi connectivity index (χ0) is 17.5. The lowest BCUT2D eigenvalue weighted by atomic mass is 10.0. The van der Waals surface area contributed by atoms with Gasteiger partial charge in [-0.25, -0.2) is 4.79 Å². The molecule has 0 saturated carbocycles. The lowest BCUT2D eigenvalue weighted by molar-refractivity contribution is 0.0665. The van der Waals surface area contributed by atoms with Gasteiger partial charge in [-0.15, -0.1) is 0 Å². The van der Waals surface area contributed by atoms with Crippen LogP contribution in [0.15, 0.2) is 24.3 Å². The first-order valence-electron chi connectivity index (χ1n) is 8.92. The molecular formula is C19H29N3O2. The molecule has 1 saturated heterocycles. The summed E-state index contributed by atoms with van der Waals surface area (Å²) in [5.74, 6) is 0.665. The molecule has 132 valence electrons. The molecular weight excluding hydrogens is 302 g/mol. The number of rotatable bonds is 5. The average molecular weight is 331 g/mol. The number of piperazine rings is 1. The highest BCUT2D eigenvalue weighted by molar-refractivity contribution is 5.94. The number of urea groups is 1. The van der Waals surface area contributed by atoms with E-state index in [-0.39, 0.29) is 11.9 Å². The summed E-state index contributed by atoms with van der Waals surface area (Å²) < 4.78 is 0. The topological polar surface area (TPSA) is 52.7 Å². The minimum absolute atomic E-state index is 0.0259. The maximum absolute atomic E-state index is 12.6.